The maximum Gasteiger partial charge on any atom is 0.263 e. The molecule has 4 rings (SSSR count). The molecule has 1 aromatic carbocycles. The molecule has 0 aliphatic heterocycles. The minimum atomic E-state index is -0.399. The summed E-state index contributed by atoms with van der Waals surface area (Å²) in [6, 6.07) is 7.45. The first-order valence-corrected chi connectivity index (χ1v) is 11.0. The van der Waals surface area contributed by atoms with Gasteiger partial charge in [-0.05, 0) is 44.0 Å². The minimum absolute atomic E-state index is 0.0837. The Labute approximate surface area is 189 Å². The highest BCUT2D eigenvalue weighted by molar-refractivity contribution is 5.92. The summed E-state index contributed by atoms with van der Waals surface area (Å²) in [4.78, 5) is 32.9. The van der Waals surface area contributed by atoms with Gasteiger partial charge in [0.05, 0.1) is 17.6 Å². The Bertz CT molecular complexity index is 1330. The number of hydrogen-bond acceptors (Lipinski definition) is 5. The number of anilines is 1. The van der Waals surface area contributed by atoms with Crippen LogP contribution in [0.2, 0.25) is 0 Å². The SMILES string of the molecule is CCCC(CCC)C(=O)Nc1cc(C)nn1-c1nc2c(cnn2-c2ccc(F)cc2)c(=O)[nH]1. The Morgan fingerprint density at radius 2 is 1.85 bits per heavy atom. The van der Waals surface area contributed by atoms with Gasteiger partial charge in [-0.3, -0.25) is 14.6 Å². The predicted molar refractivity (Wildman–Crippen MR) is 123 cm³/mol. The lowest BCUT2D eigenvalue weighted by molar-refractivity contribution is -0.120. The molecule has 0 radical (unpaired) electrons. The number of aromatic nitrogens is 6. The van der Waals surface area contributed by atoms with Crippen LogP contribution in [0.5, 0.6) is 0 Å². The molecule has 0 aliphatic carbocycles. The Balaban J connectivity index is 1.75. The summed E-state index contributed by atoms with van der Waals surface area (Å²) >= 11 is 0. The predicted octanol–water partition coefficient (Wildman–Crippen LogP) is 3.90. The molecule has 2 N–H and O–H groups in total. The maximum atomic E-state index is 13.3. The molecule has 0 saturated carbocycles. The van der Waals surface area contributed by atoms with Crippen LogP contribution in [0.4, 0.5) is 10.2 Å². The van der Waals surface area contributed by atoms with Gasteiger partial charge in [-0.2, -0.15) is 19.9 Å². The van der Waals surface area contributed by atoms with E-state index in [9.17, 15) is 14.0 Å². The highest BCUT2D eigenvalue weighted by atomic mass is 19.1. The van der Waals surface area contributed by atoms with Gasteiger partial charge < -0.3 is 5.32 Å². The summed E-state index contributed by atoms with van der Waals surface area (Å²) in [6.07, 6.45) is 4.82. The molecule has 172 valence electrons. The molecular formula is C23H26FN7O2. The zero-order chi connectivity index (χ0) is 23.5. The number of nitrogens with one attached hydrogen (secondary N) is 2. The van der Waals surface area contributed by atoms with Crippen LogP contribution in [0.25, 0.3) is 22.7 Å². The van der Waals surface area contributed by atoms with Crippen molar-refractivity contribution in [2.24, 2.45) is 5.92 Å². The van der Waals surface area contributed by atoms with Crippen LogP contribution in [0.15, 0.2) is 41.3 Å². The second-order valence-corrected chi connectivity index (χ2v) is 8.01. The van der Waals surface area contributed by atoms with Crippen molar-refractivity contribution in [1.82, 2.24) is 29.5 Å². The Morgan fingerprint density at radius 1 is 1.15 bits per heavy atom. The van der Waals surface area contributed by atoms with E-state index in [4.69, 9.17) is 0 Å². The second-order valence-electron chi connectivity index (χ2n) is 8.01. The van der Waals surface area contributed by atoms with Gasteiger partial charge in [-0.25, -0.2) is 9.07 Å². The number of carbonyl (C=O) groups excluding carboxylic acids is 1. The molecule has 0 unspecified atom stereocenters. The Kier molecular flexibility index (Phi) is 6.34. The number of rotatable bonds is 8. The highest BCUT2D eigenvalue weighted by Crippen LogP contribution is 2.21. The lowest BCUT2D eigenvalue weighted by Crippen LogP contribution is -2.25. The smallest absolute Gasteiger partial charge is 0.263 e. The standard InChI is InChI=1S/C23H26FN7O2/c1-4-6-15(7-5-2)21(32)26-19-12-14(3)29-31(19)23-27-20-18(22(33)28-23)13-25-30(20)17-10-8-16(24)9-11-17/h8-13,15H,4-7H2,1-3H3,(H,26,32)(H,27,28,33). The Hall–Kier alpha value is -3.82. The van der Waals surface area contributed by atoms with E-state index < -0.39 is 5.56 Å². The van der Waals surface area contributed by atoms with E-state index in [1.54, 1.807) is 25.1 Å². The number of benzene rings is 1. The lowest BCUT2D eigenvalue weighted by atomic mass is 9.97. The van der Waals surface area contributed by atoms with Crippen LogP contribution in [0.1, 0.15) is 45.2 Å². The minimum Gasteiger partial charge on any atom is -0.310 e. The van der Waals surface area contributed by atoms with Crippen LogP contribution >= 0.6 is 0 Å². The average Bonchev–Trinajstić information content (AvgIpc) is 3.37. The zero-order valence-corrected chi connectivity index (χ0v) is 18.8. The molecule has 4 aromatic rings. The van der Waals surface area contributed by atoms with E-state index in [-0.39, 0.29) is 29.0 Å². The van der Waals surface area contributed by atoms with Crippen molar-refractivity contribution in [1.29, 1.82) is 0 Å². The molecule has 0 bridgehead atoms. The van der Waals surface area contributed by atoms with Gasteiger partial charge >= 0.3 is 0 Å². The molecular weight excluding hydrogens is 425 g/mol. The van der Waals surface area contributed by atoms with Crippen molar-refractivity contribution in [3.05, 3.63) is 58.4 Å². The average molecular weight is 452 g/mol. The van der Waals surface area contributed by atoms with Gasteiger partial charge in [0.2, 0.25) is 11.9 Å². The highest BCUT2D eigenvalue weighted by Gasteiger charge is 2.21. The van der Waals surface area contributed by atoms with E-state index in [2.05, 4.69) is 39.3 Å². The number of H-pyrrole nitrogens is 1. The molecule has 0 saturated heterocycles. The van der Waals surface area contributed by atoms with Crippen LogP contribution in [0, 0.1) is 18.7 Å². The number of amides is 1. The van der Waals surface area contributed by atoms with E-state index in [1.807, 2.05) is 0 Å². The van der Waals surface area contributed by atoms with Crippen LogP contribution in [-0.2, 0) is 4.79 Å². The van der Waals surface area contributed by atoms with Gasteiger partial charge in [0.1, 0.15) is 17.0 Å². The third-order valence-electron chi connectivity index (χ3n) is 5.43. The van der Waals surface area contributed by atoms with Crippen molar-refractivity contribution in [3.63, 3.8) is 0 Å². The fourth-order valence-corrected chi connectivity index (χ4v) is 3.86. The van der Waals surface area contributed by atoms with Gasteiger partial charge in [0, 0.05) is 12.0 Å². The molecule has 10 heteroatoms. The fraction of sp³-hybridized carbons (Fsp3) is 0.348. The van der Waals surface area contributed by atoms with E-state index in [0.717, 1.165) is 25.7 Å². The number of fused-ring (bicyclic) bond motifs is 1. The zero-order valence-electron chi connectivity index (χ0n) is 18.8. The quantitative estimate of drug-likeness (QED) is 0.422. The maximum absolute atomic E-state index is 13.3. The van der Waals surface area contributed by atoms with Gasteiger partial charge in [-0.15, -0.1) is 0 Å². The van der Waals surface area contributed by atoms with Gasteiger partial charge in [0.25, 0.3) is 5.56 Å². The summed E-state index contributed by atoms with van der Waals surface area (Å²) in [5, 5.41) is 11.9. The molecule has 3 aromatic heterocycles. The van der Waals surface area contributed by atoms with Crippen molar-refractivity contribution >= 4 is 22.8 Å². The summed E-state index contributed by atoms with van der Waals surface area (Å²) in [5.74, 6) is 0.00332. The second kappa shape index (κ2) is 9.35. The molecule has 0 aliphatic rings. The number of carbonyl (C=O) groups is 1. The first-order chi connectivity index (χ1) is 15.9. The summed E-state index contributed by atoms with van der Waals surface area (Å²) in [6.45, 7) is 5.90. The van der Waals surface area contributed by atoms with Crippen LogP contribution in [0.3, 0.4) is 0 Å². The normalized spacial score (nSPS) is 11.4. The van der Waals surface area contributed by atoms with Gasteiger partial charge in [-0.1, -0.05) is 26.7 Å². The number of nitrogens with zero attached hydrogens (tertiary/aromatic N) is 5. The molecule has 3 heterocycles. The molecule has 0 fully saturated rings. The van der Waals surface area contributed by atoms with E-state index >= 15 is 0 Å². The van der Waals surface area contributed by atoms with Crippen LogP contribution < -0.4 is 10.9 Å². The topological polar surface area (TPSA) is 110 Å². The summed E-state index contributed by atoms with van der Waals surface area (Å²) in [5.41, 5.74) is 1.11. The molecule has 0 spiro atoms. The molecule has 1 amide bonds. The monoisotopic (exact) mass is 451 g/mol. The van der Waals surface area contributed by atoms with Crippen molar-refractivity contribution in [3.8, 4) is 11.6 Å². The largest absolute Gasteiger partial charge is 0.310 e. The van der Waals surface area contributed by atoms with Crippen LogP contribution in [-0.4, -0.2) is 35.4 Å². The molecule has 0 atom stereocenters. The number of aryl methyl sites for hydroxylation is 1. The molecule has 33 heavy (non-hydrogen) atoms. The summed E-state index contributed by atoms with van der Waals surface area (Å²) in [7, 11) is 0. The van der Waals surface area contributed by atoms with Crippen molar-refractivity contribution in [2.45, 2.75) is 46.5 Å². The van der Waals surface area contributed by atoms with Crippen molar-refractivity contribution in [2.75, 3.05) is 5.32 Å². The summed E-state index contributed by atoms with van der Waals surface area (Å²) < 4.78 is 16.2. The fourth-order valence-electron chi connectivity index (χ4n) is 3.86. The lowest BCUT2D eigenvalue weighted by Gasteiger charge is -2.15. The van der Waals surface area contributed by atoms with Crippen molar-refractivity contribution < 1.29 is 9.18 Å². The Morgan fingerprint density at radius 3 is 2.52 bits per heavy atom. The first kappa shape index (κ1) is 22.4. The first-order valence-electron chi connectivity index (χ1n) is 11.0. The third kappa shape index (κ3) is 4.55. The third-order valence-corrected chi connectivity index (χ3v) is 5.43. The number of halogens is 1. The van der Waals surface area contributed by atoms with E-state index in [1.165, 1.54) is 27.7 Å². The van der Waals surface area contributed by atoms with E-state index in [0.29, 0.717) is 22.8 Å². The number of hydrogen-bond donors (Lipinski definition) is 2. The molecule has 9 nitrogen and oxygen atoms in total. The number of aromatic amines is 1. The van der Waals surface area contributed by atoms with Gasteiger partial charge in [0.15, 0.2) is 5.65 Å².